The molecule has 1 aromatic heterocycles. The summed E-state index contributed by atoms with van der Waals surface area (Å²) in [5, 5.41) is 11.0. The highest BCUT2D eigenvalue weighted by Gasteiger charge is 2.38. The van der Waals surface area contributed by atoms with Gasteiger partial charge in [-0.05, 0) is 65.7 Å². The maximum Gasteiger partial charge on any atom is 0.421 e. The van der Waals surface area contributed by atoms with E-state index in [-0.39, 0.29) is 11.3 Å². The van der Waals surface area contributed by atoms with Crippen LogP contribution in [-0.4, -0.2) is 48.8 Å². The quantitative estimate of drug-likeness (QED) is 0.727. The Bertz CT molecular complexity index is 951. The number of ether oxygens (including phenoxy) is 1. The Balaban J connectivity index is 2.05. The minimum atomic E-state index is -0.914. The molecule has 1 aliphatic rings. The molecule has 0 saturated carbocycles. The van der Waals surface area contributed by atoms with E-state index in [0.29, 0.717) is 10.9 Å². The number of carbonyl (C=O) groups excluding carboxylic acids is 1. The molecule has 31 heavy (non-hydrogen) atoms. The number of aromatic nitrogens is 2. The lowest BCUT2D eigenvalue weighted by Crippen LogP contribution is -2.46. The Morgan fingerprint density at radius 2 is 1.84 bits per heavy atom. The number of nitrogens with zero attached hydrogens (tertiary/aromatic N) is 4. The van der Waals surface area contributed by atoms with Gasteiger partial charge < -0.3 is 9.84 Å². The van der Waals surface area contributed by atoms with Gasteiger partial charge in [-0.2, -0.15) is 0 Å². The summed E-state index contributed by atoms with van der Waals surface area (Å²) in [5.74, 6) is 0. The molecule has 1 N–H and O–H groups in total. The molecule has 3 rings (SSSR count). The first-order chi connectivity index (χ1) is 14.4. The zero-order chi connectivity index (χ0) is 22.8. The van der Waals surface area contributed by atoms with Crippen LogP contribution in [0.1, 0.15) is 48.0 Å². The second-order valence-electron chi connectivity index (χ2n) is 9.25. The van der Waals surface area contributed by atoms with Gasteiger partial charge in [0.15, 0.2) is 5.17 Å². The summed E-state index contributed by atoms with van der Waals surface area (Å²) in [5.41, 5.74) is 0.768. The smallest absolute Gasteiger partial charge is 0.421 e. The molecule has 1 aliphatic heterocycles. The van der Waals surface area contributed by atoms with Crippen LogP contribution in [0, 0.1) is 0 Å². The number of hydrogen-bond acceptors (Lipinski definition) is 7. The van der Waals surface area contributed by atoms with Crippen LogP contribution in [0.15, 0.2) is 48.0 Å². The van der Waals surface area contributed by atoms with Crippen LogP contribution in [0.25, 0.3) is 11.1 Å². The zero-order valence-electron chi connectivity index (χ0n) is 18.9. The lowest BCUT2D eigenvalue weighted by atomic mass is 9.99. The molecule has 1 aromatic carbocycles. The van der Waals surface area contributed by atoms with E-state index in [9.17, 15) is 9.90 Å². The molecule has 166 valence electrons. The highest BCUT2D eigenvalue weighted by Crippen LogP contribution is 2.37. The summed E-state index contributed by atoms with van der Waals surface area (Å²) in [6, 6.07) is 7.51. The lowest BCUT2D eigenvalue weighted by molar-refractivity contribution is 0.0602. The van der Waals surface area contributed by atoms with Crippen molar-refractivity contribution in [1.29, 1.82) is 0 Å². The number of thioether (sulfide) groups is 1. The number of aliphatic hydroxyl groups is 1. The number of anilines is 1. The monoisotopic (exact) mass is 442 g/mol. The van der Waals surface area contributed by atoms with E-state index in [1.54, 1.807) is 26.2 Å². The second kappa shape index (κ2) is 8.96. The fraction of sp³-hybridized carbons (Fsp3) is 0.478. The third-order valence-corrected chi connectivity index (χ3v) is 6.24. The Kier molecular flexibility index (Phi) is 6.71. The predicted octanol–water partition coefficient (Wildman–Crippen LogP) is 4.91. The SMILES string of the molecule is C[C@H]1C[C@@H](C(C)(C)O)SC(N(C(=O)OC(C)(C)C)c2cccc(-c3cncnc3)c2)=N1. The van der Waals surface area contributed by atoms with E-state index in [4.69, 9.17) is 9.73 Å². The van der Waals surface area contributed by atoms with Crippen molar-refractivity contribution < 1.29 is 14.6 Å². The van der Waals surface area contributed by atoms with E-state index in [0.717, 1.165) is 17.5 Å². The average molecular weight is 443 g/mol. The summed E-state index contributed by atoms with van der Waals surface area (Å²) in [4.78, 5) is 27.7. The van der Waals surface area contributed by atoms with Crippen molar-refractivity contribution in [2.24, 2.45) is 4.99 Å². The first-order valence-corrected chi connectivity index (χ1v) is 11.2. The van der Waals surface area contributed by atoms with Gasteiger partial charge in [0.1, 0.15) is 11.9 Å². The molecule has 8 heteroatoms. The maximum atomic E-state index is 13.3. The molecule has 0 spiro atoms. The highest BCUT2D eigenvalue weighted by molar-refractivity contribution is 8.14. The first-order valence-electron chi connectivity index (χ1n) is 10.3. The Morgan fingerprint density at radius 3 is 2.45 bits per heavy atom. The molecule has 0 saturated heterocycles. The van der Waals surface area contributed by atoms with Crippen molar-refractivity contribution in [3.8, 4) is 11.1 Å². The zero-order valence-corrected chi connectivity index (χ0v) is 19.7. The van der Waals surface area contributed by atoms with Gasteiger partial charge in [0, 0.05) is 23.2 Å². The number of benzene rings is 1. The van der Waals surface area contributed by atoms with Crippen molar-refractivity contribution >= 4 is 28.7 Å². The van der Waals surface area contributed by atoms with E-state index in [1.807, 2.05) is 52.0 Å². The Labute approximate surface area is 188 Å². The number of carbonyl (C=O) groups is 1. The Morgan fingerprint density at radius 1 is 1.16 bits per heavy atom. The maximum absolute atomic E-state index is 13.3. The summed E-state index contributed by atoms with van der Waals surface area (Å²) in [6.07, 6.45) is 5.14. The number of hydrogen-bond donors (Lipinski definition) is 1. The van der Waals surface area contributed by atoms with Crippen molar-refractivity contribution in [2.45, 2.75) is 70.5 Å². The summed E-state index contributed by atoms with van der Waals surface area (Å²) >= 11 is 1.40. The third kappa shape index (κ3) is 6.04. The summed E-state index contributed by atoms with van der Waals surface area (Å²) in [6.45, 7) is 11.1. The van der Waals surface area contributed by atoms with E-state index in [1.165, 1.54) is 23.0 Å². The highest BCUT2D eigenvalue weighted by atomic mass is 32.2. The summed E-state index contributed by atoms with van der Waals surface area (Å²) < 4.78 is 5.71. The molecule has 0 aliphatic carbocycles. The van der Waals surface area contributed by atoms with Crippen LogP contribution < -0.4 is 4.90 Å². The van der Waals surface area contributed by atoms with Crippen LogP contribution in [0.4, 0.5) is 10.5 Å². The van der Waals surface area contributed by atoms with Gasteiger partial charge >= 0.3 is 6.09 Å². The van der Waals surface area contributed by atoms with Gasteiger partial charge in [-0.1, -0.05) is 23.9 Å². The number of aliphatic imine (C=N–C) groups is 1. The van der Waals surface area contributed by atoms with Crippen molar-refractivity contribution in [3.05, 3.63) is 43.0 Å². The minimum Gasteiger partial charge on any atom is -0.443 e. The molecule has 0 bridgehead atoms. The van der Waals surface area contributed by atoms with Crippen LogP contribution in [0.3, 0.4) is 0 Å². The van der Waals surface area contributed by atoms with Crippen LogP contribution in [0.5, 0.6) is 0 Å². The molecule has 0 radical (unpaired) electrons. The third-order valence-electron chi connectivity index (χ3n) is 4.69. The van der Waals surface area contributed by atoms with E-state index >= 15 is 0 Å². The molecule has 0 fully saturated rings. The number of rotatable bonds is 3. The average Bonchev–Trinajstić information content (AvgIpc) is 2.66. The molecule has 7 nitrogen and oxygen atoms in total. The standard InChI is InChI=1S/C23H30N4O3S/c1-15-10-19(23(5,6)29)31-20(26-15)27(21(28)30-22(2,3)4)18-9-7-8-16(11-18)17-12-24-14-25-13-17/h7-9,11-15,19,29H,10H2,1-6H3/t15-,19-/m0/s1. The van der Waals surface area contributed by atoms with Gasteiger partial charge in [0.25, 0.3) is 0 Å². The normalized spacial score (nSPS) is 19.5. The fourth-order valence-electron chi connectivity index (χ4n) is 3.17. The molecule has 0 unspecified atom stereocenters. The van der Waals surface area contributed by atoms with E-state index < -0.39 is 17.3 Å². The van der Waals surface area contributed by atoms with Gasteiger partial charge in [0.05, 0.1) is 17.3 Å². The minimum absolute atomic E-state index is 0.0386. The molecule has 2 aromatic rings. The predicted molar refractivity (Wildman–Crippen MR) is 125 cm³/mol. The van der Waals surface area contributed by atoms with Gasteiger partial charge in [0.2, 0.25) is 0 Å². The van der Waals surface area contributed by atoms with Crippen LogP contribution in [-0.2, 0) is 4.74 Å². The number of amidine groups is 1. The van der Waals surface area contributed by atoms with Gasteiger partial charge in [-0.25, -0.2) is 19.7 Å². The lowest BCUT2D eigenvalue weighted by Gasteiger charge is -2.37. The van der Waals surface area contributed by atoms with Crippen molar-refractivity contribution in [2.75, 3.05) is 4.90 Å². The van der Waals surface area contributed by atoms with Crippen molar-refractivity contribution in [1.82, 2.24) is 9.97 Å². The summed E-state index contributed by atoms with van der Waals surface area (Å²) in [7, 11) is 0. The van der Waals surface area contributed by atoms with Gasteiger partial charge in [-0.3, -0.25) is 4.99 Å². The second-order valence-corrected chi connectivity index (χ2v) is 10.4. The molecular formula is C23H30N4O3S. The fourth-order valence-corrected chi connectivity index (χ4v) is 4.62. The molecule has 1 amide bonds. The van der Waals surface area contributed by atoms with E-state index in [2.05, 4.69) is 9.97 Å². The van der Waals surface area contributed by atoms with Crippen LogP contribution >= 0.6 is 11.8 Å². The van der Waals surface area contributed by atoms with Crippen molar-refractivity contribution in [3.63, 3.8) is 0 Å². The van der Waals surface area contributed by atoms with Gasteiger partial charge in [-0.15, -0.1) is 0 Å². The largest absolute Gasteiger partial charge is 0.443 e. The molecule has 2 atom stereocenters. The molecule has 2 heterocycles. The van der Waals surface area contributed by atoms with Crippen LogP contribution in [0.2, 0.25) is 0 Å². The number of amides is 1. The topological polar surface area (TPSA) is 87.9 Å². The molecular weight excluding hydrogens is 412 g/mol. The Hall–Kier alpha value is -2.45. The first kappa shape index (κ1) is 23.2.